The molecule has 0 unspecified atom stereocenters. The molecule has 1 aromatic rings. The summed E-state index contributed by atoms with van der Waals surface area (Å²) in [7, 11) is 1.51. The molecule has 0 bridgehead atoms. The Morgan fingerprint density at radius 1 is 1.18 bits per heavy atom. The number of carboxylic acids is 1. The zero-order valence-corrected chi connectivity index (χ0v) is 20.2. The van der Waals surface area contributed by atoms with Gasteiger partial charge in [0.2, 0.25) is 0 Å². The number of aromatic carboxylic acids is 1. The molecular formula is C23H32CaO4. The Balaban J connectivity index is 0.00000729. The van der Waals surface area contributed by atoms with Gasteiger partial charge in [-0.2, -0.15) is 0 Å². The van der Waals surface area contributed by atoms with Crippen LogP contribution >= 0.6 is 0 Å². The van der Waals surface area contributed by atoms with Crippen LogP contribution in [0.4, 0.5) is 0 Å². The Morgan fingerprint density at radius 3 is 2.39 bits per heavy atom. The molecule has 0 N–H and O–H groups in total. The number of benzene rings is 1. The Morgan fingerprint density at radius 2 is 1.86 bits per heavy atom. The monoisotopic (exact) mass is 412 g/mol. The van der Waals surface area contributed by atoms with Crippen LogP contribution in [0.5, 0.6) is 11.5 Å². The van der Waals surface area contributed by atoms with E-state index < -0.39 is 11.7 Å². The first-order chi connectivity index (χ1) is 12.8. The molecule has 0 radical (unpaired) electrons. The van der Waals surface area contributed by atoms with Crippen LogP contribution in [-0.4, -0.2) is 50.8 Å². The maximum atomic E-state index is 12.8. The quantitative estimate of drug-likeness (QED) is 0.315. The largest absolute Gasteiger partial charge is 2.00 e. The maximum Gasteiger partial charge on any atom is 2.00 e. The van der Waals surface area contributed by atoms with E-state index in [0.29, 0.717) is 29.7 Å². The molecule has 0 saturated heterocycles. The van der Waals surface area contributed by atoms with Crippen molar-refractivity contribution in [2.45, 2.75) is 72.6 Å². The summed E-state index contributed by atoms with van der Waals surface area (Å²) in [5, 5.41) is 24.4. The molecule has 0 saturated carbocycles. The number of aryl methyl sites for hydroxylation is 1. The molecule has 4 nitrogen and oxygen atoms in total. The van der Waals surface area contributed by atoms with Gasteiger partial charge in [-0.3, -0.25) is 0 Å². The SMILES string of the molecule is CCCCCc1cc(OC)c(C/C=C(\C)CCC=C(C)C)c([O-])c1C(=O)[O-].[Ca+2]. The fourth-order valence-electron chi connectivity index (χ4n) is 3.05. The number of carbonyl (C=O) groups excluding carboxylic acids is 1. The van der Waals surface area contributed by atoms with Crippen molar-refractivity contribution >= 4 is 43.7 Å². The summed E-state index contributed by atoms with van der Waals surface area (Å²) in [5.41, 5.74) is 3.13. The number of carbonyl (C=O) groups is 1. The Kier molecular flexibility index (Phi) is 13.6. The van der Waals surface area contributed by atoms with E-state index in [1.165, 1.54) is 12.7 Å². The molecule has 0 aliphatic carbocycles. The van der Waals surface area contributed by atoms with Crippen molar-refractivity contribution in [1.29, 1.82) is 0 Å². The summed E-state index contributed by atoms with van der Waals surface area (Å²) >= 11 is 0. The van der Waals surface area contributed by atoms with Gasteiger partial charge in [-0.25, -0.2) is 0 Å². The molecule has 0 spiro atoms. The predicted octanol–water partition coefficient (Wildman–Crippen LogP) is 3.72. The first-order valence-electron chi connectivity index (χ1n) is 9.71. The van der Waals surface area contributed by atoms with Crippen molar-refractivity contribution in [3.8, 4) is 11.5 Å². The number of allylic oxidation sites excluding steroid dienone is 4. The van der Waals surface area contributed by atoms with Gasteiger partial charge in [-0.1, -0.05) is 48.8 Å². The molecule has 0 heterocycles. The van der Waals surface area contributed by atoms with Crippen molar-refractivity contribution < 1.29 is 19.7 Å². The van der Waals surface area contributed by atoms with Gasteiger partial charge in [0, 0.05) is 0 Å². The first kappa shape index (κ1) is 27.0. The van der Waals surface area contributed by atoms with E-state index in [4.69, 9.17) is 4.74 Å². The van der Waals surface area contributed by atoms with Gasteiger partial charge in [-0.15, -0.1) is 0 Å². The summed E-state index contributed by atoms with van der Waals surface area (Å²) in [5.74, 6) is -1.42. The molecule has 0 aliphatic heterocycles. The Labute approximate surface area is 199 Å². The van der Waals surface area contributed by atoms with Gasteiger partial charge in [0.1, 0.15) is 5.75 Å². The third-order valence-corrected chi connectivity index (χ3v) is 4.64. The van der Waals surface area contributed by atoms with E-state index in [2.05, 4.69) is 26.8 Å². The average molecular weight is 413 g/mol. The van der Waals surface area contributed by atoms with Crippen molar-refractivity contribution in [3.63, 3.8) is 0 Å². The van der Waals surface area contributed by atoms with E-state index in [-0.39, 0.29) is 43.3 Å². The van der Waals surface area contributed by atoms with Crippen LogP contribution in [0.3, 0.4) is 0 Å². The van der Waals surface area contributed by atoms with E-state index in [1.54, 1.807) is 6.07 Å². The van der Waals surface area contributed by atoms with Gasteiger partial charge in [0.25, 0.3) is 0 Å². The third kappa shape index (κ3) is 8.59. The number of carboxylic acid groups (broad SMARTS) is 1. The van der Waals surface area contributed by atoms with Gasteiger partial charge in [0.15, 0.2) is 0 Å². The molecule has 0 aliphatic rings. The van der Waals surface area contributed by atoms with Gasteiger partial charge >= 0.3 is 37.7 Å². The smallest absolute Gasteiger partial charge is 0.872 e. The molecule has 5 heteroatoms. The van der Waals surface area contributed by atoms with E-state index in [9.17, 15) is 15.0 Å². The van der Waals surface area contributed by atoms with Crippen molar-refractivity contribution in [2.75, 3.05) is 7.11 Å². The second kappa shape index (κ2) is 14.1. The molecule has 28 heavy (non-hydrogen) atoms. The topological polar surface area (TPSA) is 72.4 Å². The molecular weight excluding hydrogens is 380 g/mol. The van der Waals surface area contributed by atoms with Crippen LogP contribution in [0.1, 0.15) is 81.3 Å². The Bertz CT molecular complexity index is 701. The summed E-state index contributed by atoms with van der Waals surface area (Å²) in [6, 6.07) is 1.70. The van der Waals surface area contributed by atoms with Crippen molar-refractivity contribution in [3.05, 3.63) is 46.1 Å². The Hall–Kier alpha value is -0.970. The van der Waals surface area contributed by atoms with Gasteiger partial charge < -0.3 is 19.7 Å². The average Bonchev–Trinajstić information content (AvgIpc) is 2.59. The molecule has 150 valence electrons. The van der Waals surface area contributed by atoms with E-state index in [1.807, 2.05) is 13.0 Å². The van der Waals surface area contributed by atoms with Crippen LogP contribution in [0.2, 0.25) is 0 Å². The molecule has 1 rings (SSSR count). The molecule has 0 amide bonds. The van der Waals surface area contributed by atoms with Crippen LogP contribution in [0, 0.1) is 0 Å². The normalized spacial score (nSPS) is 11.0. The zero-order chi connectivity index (χ0) is 20.4. The third-order valence-electron chi connectivity index (χ3n) is 4.64. The van der Waals surface area contributed by atoms with Crippen molar-refractivity contribution in [1.82, 2.24) is 0 Å². The molecule has 0 atom stereocenters. The summed E-state index contributed by atoms with van der Waals surface area (Å²) in [6.45, 7) is 8.23. The molecule has 1 aromatic carbocycles. The fourth-order valence-corrected chi connectivity index (χ4v) is 3.05. The fraction of sp³-hybridized carbons (Fsp3) is 0.522. The van der Waals surface area contributed by atoms with E-state index in [0.717, 1.165) is 37.7 Å². The number of unbranched alkanes of at least 4 members (excludes halogenated alkanes) is 2. The summed E-state index contributed by atoms with van der Waals surface area (Å²) in [4.78, 5) is 11.6. The summed E-state index contributed by atoms with van der Waals surface area (Å²) in [6.07, 6.45) is 9.76. The first-order valence-corrected chi connectivity index (χ1v) is 9.71. The molecule has 0 fully saturated rings. The minimum absolute atomic E-state index is 0. The minimum atomic E-state index is -1.40. The van der Waals surface area contributed by atoms with Gasteiger partial charge in [0.05, 0.1) is 13.1 Å². The maximum absolute atomic E-state index is 12.8. The van der Waals surface area contributed by atoms with Crippen LogP contribution < -0.4 is 14.9 Å². The summed E-state index contributed by atoms with van der Waals surface area (Å²) < 4.78 is 5.40. The van der Waals surface area contributed by atoms with Crippen LogP contribution in [0.25, 0.3) is 0 Å². The number of rotatable bonds is 11. The number of hydrogen-bond acceptors (Lipinski definition) is 4. The van der Waals surface area contributed by atoms with Crippen LogP contribution in [-0.2, 0) is 12.8 Å². The number of hydrogen-bond donors (Lipinski definition) is 0. The standard InChI is InChI=1S/C23H34O4.Ca/c1-6-7-8-12-18-15-20(27-5)19(22(24)21(18)23(25)26)14-13-17(4)11-9-10-16(2)3;/h10,13,15,24H,6-9,11-12,14H2,1-5H3,(H,25,26);/q;+2/p-2/b17-13+;. The van der Waals surface area contributed by atoms with Gasteiger partial charge in [-0.05, 0) is 75.6 Å². The number of ether oxygens (including phenoxy) is 1. The second-order valence-electron chi connectivity index (χ2n) is 7.24. The molecule has 0 aromatic heterocycles. The number of methoxy groups -OCH3 is 1. The predicted molar refractivity (Wildman–Crippen MR) is 112 cm³/mol. The minimum Gasteiger partial charge on any atom is -0.872 e. The second-order valence-corrected chi connectivity index (χ2v) is 7.24. The zero-order valence-electron chi connectivity index (χ0n) is 18.0. The van der Waals surface area contributed by atoms with Crippen molar-refractivity contribution in [2.24, 2.45) is 0 Å². The van der Waals surface area contributed by atoms with Crippen LogP contribution in [0.15, 0.2) is 29.4 Å². The van der Waals surface area contributed by atoms with E-state index >= 15 is 0 Å².